The van der Waals surface area contributed by atoms with Crippen LogP contribution in [0.25, 0.3) is 0 Å². The van der Waals surface area contributed by atoms with Gasteiger partial charge in [0.05, 0.1) is 10.8 Å². The first-order valence-electron chi connectivity index (χ1n) is 9.83. The second kappa shape index (κ2) is 8.01. The zero-order valence-electron chi connectivity index (χ0n) is 16.8. The minimum atomic E-state index is -4.46. The fourth-order valence-electron chi connectivity index (χ4n) is 4.58. The van der Waals surface area contributed by atoms with Gasteiger partial charge in [0.25, 0.3) is 5.69 Å². The number of halogens is 3. The number of carbonyl (C=O) groups is 1. The number of carboxylic acid groups (broad SMARTS) is 1. The van der Waals surface area contributed by atoms with E-state index in [4.69, 9.17) is 5.11 Å². The Morgan fingerprint density at radius 2 is 2.07 bits per heavy atom. The van der Waals surface area contributed by atoms with Crippen LogP contribution >= 0.6 is 0 Å². The molecule has 1 amide bonds. The van der Waals surface area contributed by atoms with Crippen molar-refractivity contribution in [1.82, 2.24) is 15.2 Å². The molecule has 1 aromatic rings. The average Bonchev–Trinajstić information content (AvgIpc) is 3.09. The number of fused-ring (bicyclic) bond motifs is 1. The largest absolute Gasteiger partial charge is 0.465 e. The number of nitrogens with one attached hydrogen (secondary N) is 1. The van der Waals surface area contributed by atoms with E-state index in [1.807, 2.05) is 0 Å². The zero-order chi connectivity index (χ0) is 22.3. The van der Waals surface area contributed by atoms with Crippen molar-refractivity contribution in [3.63, 3.8) is 0 Å². The summed E-state index contributed by atoms with van der Waals surface area (Å²) >= 11 is 0. The highest BCUT2D eigenvalue weighted by Crippen LogP contribution is 2.38. The molecule has 2 atom stereocenters. The summed E-state index contributed by atoms with van der Waals surface area (Å²) in [7, 11) is 0. The first-order chi connectivity index (χ1) is 13.9. The fraction of sp³-hybridized carbons (Fsp3) is 0.684. The lowest BCUT2D eigenvalue weighted by molar-refractivity contribution is -0.386. The van der Waals surface area contributed by atoms with Crippen molar-refractivity contribution in [1.29, 1.82) is 0 Å². The van der Waals surface area contributed by atoms with Gasteiger partial charge in [0, 0.05) is 35.9 Å². The molecule has 8 nitrogen and oxygen atoms in total. The van der Waals surface area contributed by atoms with Crippen molar-refractivity contribution >= 4 is 11.8 Å². The number of nitro groups is 1. The molecule has 30 heavy (non-hydrogen) atoms. The van der Waals surface area contributed by atoms with E-state index in [-0.39, 0.29) is 31.6 Å². The summed E-state index contributed by atoms with van der Waals surface area (Å²) < 4.78 is 40.5. The molecule has 0 radical (unpaired) electrons. The molecule has 0 bridgehead atoms. The predicted molar refractivity (Wildman–Crippen MR) is 101 cm³/mol. The molecular weight excluding hydrogens is 405 g/mol. The van der Waals surface area contributed by atoms with Crippen LogP contribution in [0.1, 0.15) is 43.5 Å². The van der Waals surface area contributed by atoms with Crippen molar-refractivity contribution in [3.8, 4) is 0 Å². The van der Waals surface area contributed by atoms with Gasteiger partial charge in [0.2, 0.25) is 0 Å². The zero-order valence-corrected chi connectivity index (χ0v) is 16.8. The van der Waals surface area contributed by atoms with E-state index < -0.39 is 34.7 Å². The maximum atomic E-state index is 13.5. The molecule has 0 saturated carbocycles. The summed E-state index contributed by atoms with van der Waals surface area (Å²) in [6, 6.07) is -0.875. The smallest absolute Gasteiger partial charge is 0.404 e. The Hall–Kier alpha value is -2.43. The van der Waals surface area contributed by atoms with Gasteiger partial charge in [-0.25, -0.2) is 4.79 Å². The van der Waals surface area contributed by atoms with Gasteiger partial charge >= 0.3 is 12.3 Å². The lowest BCUT2D eigenvalue weighted by Gasteiger charge is -2.46. The van der Waals surface area contributed by atoms with E-state index in [9.17, 15) is 28.1 Å². The molecular formula is C19H25F3N4O4. The van der Waals surface area contributed by atoms with Crippen molar-refractivity contribution in [2.24, 2.45) is 5.92 Å². The quantitative estimate of drug-likeness (QED) is 0.548. The maximum Gasteiger partial charge on any atom is 0.404 e. The van der Waals surface area contributed by atoms with Crippen LogP contribution in [-0.2, 0) is 19.3 Å². The number of likely N-dealkylation sites (tertiary alicyclic amines) is 1. The second-order valence-corrected chi connectivity index (χ2v) is 8.67. The van der Waals surface area contributed by atoms with Crippen LogP contribution in [0.15, 0.2) is 6.20 Å². The molecule has 0 unspecified atom stereocenters. The maximum absolute atomic E-state index is 13.5. The normalized spacial score (nSPS) is 22.6. The van der Waals surface area contributed by atoms with Gasteiger partial charge in [-0.1, -0.05) is 0 Å². The van der Waals surface area contributed by atoms with E-state index in [0.717, 1.165) is 24.1 Å². The molecule has 2 aliphatic rings. The monoisotopic (exact) mass is 430 g/mol. The molecule has 11 heteroatoms. The number of hydrogen-bond donors (Lipinski definition) is 2. The number of piperidine rings is 1. The minimum Gasteiger partial charge on any atom is -0.465 e. The first-order valence-corrected chi connectivity index (χ1v) is 9.83. The third kappa shape index (κ3) is 4.66. The van der Waals surface area contributed by atoms with Crippen LogP contribution in [0, 0.1) is 16.0 Å². The van der Waals surface area contributed by atoms with Gasteiger partial charge in [0.1, 0.15) is 6.20 Å². The average molecular weight is 430 g/mol. The lowest BCUT2D eigenvalue weighted by Crippen LogP contribution is -2.59. The van der Waals surface area contributed by atoms with Gasteiger partial charge in [-0.15, -0.1) is 0 Å². The highest BCUT2D eigenvalue weighted by atomic mass is 19.4. The number of aryl methyl sites for hydroxylation is 1. The Kier molecular flexibility index (Phi) is 5.94. The standard InChI is InChI=1S/C19H25F3N4O4/c1-18(2,7-14-13-4-3-5-15(13)23-8-16(14)26(29)30)25-9-11(19(20,21)22)6-12(10-25)24-17(27)28/h8,11-12,24H,3-7,9-10H2,1-2H3,(H,27,28)/t11-,12+/m1/s1. The molecule has 1 aliphatic heterocycles. The lowest BCUT2D eigenvalue weighted by atomic mass is 9.85. The van der Waals surface area contributed by atoms with E-state index >= 15 is 0 Å². The SMILES string of the molecule is CC(C)(Cc1c([N+](=O)[O-])cnc2c1CCC2)N1C[C@@H](NC(=O)O)C[C@@H](C(F)(F)F)C1. The summed E-state index contributed by atoms with van der Waals surface area (Å²) in [6.45, 7) is 3.31. The third-order valence-electron chi connectivity index (χ3n) is 6.11. The van der Waals surface area contributed by atoms with Crippen LogP contribution < -0.4 is 5.32 Å². The number of hydrogen-bond acceptors (Lipinski definition) is 5. The molecule has 166 valence electrons. The van der Waals surface area contributed by atoms with Crippen LogP contribution in [0.5, 0.6) is 0 Å². The molecule has 1 aliphatic carbocycles. The van der Waals surface area contributed by atoms with Crippen molar-refractivity contribution in [2.75, 3.05) is 13.1 Å². The number of rotatable bonds is 5. The van der Waals surface area contributed by atoms with Crippen LogP contribution in [0.2, 0.25) is 0 Å². The van der Waals surface area contributed by atoms with Gasteiger partial charge in [-0.2, -0.15) is 13.2 Å². The van der Waals surface area contributed by atoms with E-state index in [2.05, 4.69) is 10.3 Å². The highest BCUT2D eigenvalue weighted by molar-refractivity contribution is 5.64. The van der Waals surface area contributed by atoms with Crippen LogP contribution in [0.3, 0.4) is 0 Å². The van der Waals surface area contributed by atoms with Crippen molar-refractivity contribution in [3.05, 3.63) is 33.1 Å². The molecule has 1 fully saturated rings. The van der Waals surface area contributed by atoms with Crippen molar-refractivity contribution in [2.45, 2.75) is 63.7 Å². The number of alkyl halides is 3. The summed E-state index contributed by atoms with van der Waals surface area (Å²) in [4.78, 5) is 27.9. The topological polar surface area (TPSA) is 109 Å². The highest BCUT2D eigenvalue weighted by Gasteiger charge is 2.47. The third-order valence-corrected chi connectivity index (χ3v) is 6.11. The molecule has 0 aromatic carbocycles. The molecule has 2 N–H and O–H groups in total. The summed E-state index contributed by atoms with van der Waals surface area (Å²) in [5.74, 6) is -1.68. The summed E-state index contributed by atoms with van der Waals surface area (Å²) in [5, 5.41) is 22.7. The Morgan fingerprint density at radius 3 is 2.67 bits per heavy atom. The van der Waals surface area contributed by atoms with E-state index in [0.29, 0.717) is 12.0 Å². The first kappa shape index (κ1) is 22.3. The number of pyridine rings is 1. The second-order valence-electron chi connectivity index (χ2n) is 8.67. The number of nitrogens with zero attached hydrogens (tertiary/aromatic N) is 3. The van der Waals surface area contributed by atoms with Gasteiger partial charge < -0.3 is 10.4 Å². The van der Waals surface area contributed by atoms with Gasteiger partial charge in [-0.3, -0.25) is 20.0 Å². The minimum absolute atomic E-state index is 0.104. The van der Waals surface area contributed by atoms with Crippen molar-refractivity contribution < 1.29 is 28.0 Å². The van der Waals surface area contributed by atoms with Gasteiger partial charge in [-0.05, 0) is 51.5 Å². The van der Waals surface area contributed by atoms with Crippen LogP contribution in [-0.4, -0.2) is 56.9 Å². The predicted octanol–water partition coefficient (Wildman–Crippen LogP) is 3.32. The Bertz CT molecular complexity index is 844. The Labute approximate surface area is 171 Å². The van der Waals surface area contributed by atoms with E-state index in [1.165, 1.54) is 6.20 Å². The summed E-state index contributed by atoms with van der Waals surface area (Å²) in [6.07, 6.45) is -2.53. The molecule has 1 saturated heterocycles. The number of aromatic nitrogens is 1. The molecule has 2 heterocycles. The molecule has 1 aromatic heterocycles. The molecule has 3 rings (SSSR count). The number of amides is 1. The Morgan fingerprint density at radius 1 is 1.37 bits per heavy atom. The summed E-state index contributed by atoms with van der Waals surface area (Å²) in [5.41, 5.74) is 1.17. The van der Waals surface area contributed by atoms with Crippen LogP contribution in [0.4, 0.5) is 23.7 Å². The van der Waals surface area contributed by atoms with Gasteiger partial charge in [0.15, 0.2) is 0 Å². The fourth-order valence-corrected chi connectivity index (χ4v) is 4.58. The van der Waals surface area contributed by atoms with E-state index in [1.54, 1.807) is 18.7 Å². The molecule has 0 spiro atoms. The Balaban J connectivity index is 1.91.